The topological polar surface area (TPSA) is 55.0 Å². The van der Waals surface area contributed by atoms with Crippen molar-refractivity contribution in [2.24, 2.45) is 0 Å². The van der Waals surface area contributed by atoms with Gasteiger partial charge in [-0.15, -0.1) is 5.10 Å². The number of rotatable bonds is 3. The third kappa shape index (κ3) is 2.13. The molecule has 0 radical (unpaired) electrons. The highest BCUT2D eigenvalue weighted by atomic mass is 32.1. The van der Waals surface area contributed by atoms with Gasteiger partial charge in [-0.25, -0.2) is 0 Å². The molecule has 11 heavy (non-hydrogen) atoms. The molecule has 0 aliphatic heterocycles. The summed E-state index contributed by atoms with van der Waals surface area (Å²) in [6.45, 7) is 3.88. The highest BCUT2D eigenvalue weighted by Gasteiger charge is 2.05. The van der Waals surface area contributed by atoms with E-state index in [0.29, 0.717) is 0 Å². The summed E-state index contributed by atoms with van der Waals surface area (Å²) in [5, 5.41) is 4.63. The van der Waals surface area contributed by atoms with Crippen molar-refractivity contribution < 1.29 is 0 Å². The monoisotopic (exact) mass is 172 g/mol. The molecule has 0 spiro atoms. The van der Waals surface area contributed by atoms with E-state index in [-0.39, 0.29) is 0 Å². The molecule has 0 aromatic carbocycles. The molecule has 0 unspecified atom stereocenters. The van der Waals surface area contributed by atoms with Gasteiger partial charge < -0.3 is 10.6 Å². The van der Waals surface area contributed by atoms with Crippen molar-refractivity contribution in [1.29, 1.82) is 0 Å². The van der Waals surface area contributed by atoms with Gasteiger partial charge in [0.15, 0.2) is 0 Å². The van der Waals surface area contributed by atoms with Crippen LogP contribution in [0, 0.1) is 0 Å². The van der Waals surface area contributed by atoms with Crippen LogP contribution in [-0.2, 0) is 6.54 Å². The quantitative estimate of drug-likeness (QED) is 0.724. The SMILES string of the molecule is CCN(C)Cc1nnsc1N. The Bertz CT molecular complexity index is 222. The molecular weight excluding hydrogens is 160 g/mol. The van der Waals surface area contributed by atoms with Crippen molar-refractivity contribution in [3.63, 3.8) is 0 Å². The normalized spacial score (nSPS) is 10.8. The van der Waals surface area contributed by atoms with Gasteiger partial charge in [0.05, 0.1) is 0 Å². The maximum atomic E-state index is 5.61. The van der Waals surface area contributed by atoms with Crippen molar-refractivity contribution in [2.75, 3.05) is 19.3 Å². The molecule has 62 valence electrons. The first-order valence-corrected chi connectivity index (χ1v) is 4.26. The summed E-state index contributed by atoms with van der Waals surface area (Å²) >= 11 is 1.25. The molecule has 0 saturated carbocycles. The Balaban J connectivity index is 2.56. The van der Waals surface area contributed by atoms with Crippen molar-refractivity contribution >= 4 is 16.5 Å². The molecule has 5 heteroatoms. The average Bonchev–Trinajstić information content (AvgIpc) is 2.37. The zero-order chi connectivity index (χ0) is 8.27. The number of hydrogen-bond acceptors (Lipinski definition) is 5. The Kier molecular flexibility index (Phi) is 2.78. The van der Waals surface area contributed by atoms with Crippen molar-refractivity contribution in [3.8, 4) is 0 Å². The fourth-order valence-corrected chi connectivity index (χ4v) is 1.13. The molecule has 1 aromatic heterocycles. The first-order chi connectivity index (χ1) is 5.24. The van der Waals surface area contributed by atoms with Crippen LogP contribution in [0.2, 0.25) is 0 Å². The summed E-state index contributed by atoms with van der Waals surface area (Å²) in [6.07, 6.45) is 0. The first-order valence-electron chi connectivity index (χ1n) is 3.49. The Labute approximate surface area is 70.2 Å². The van der Waals surface area contributed by atoms with E-state index in [1.54, 1.807) is 0 Å². The van der Waals surface area contributed by atoms with Gasteiger partial charge in [-0.1, -0.05) is 11.4 Å². The van der Waals surface area contributed by atoms with E-state index in [2.05, 4.69) is 21.4 Å². The van der Waals surface area contributed by atoms with Gasteiger partial charge in [-0.05, 0) is 13.6 Å². The minimum atomic E-state index is 0.727. The Morgan fingerprint density at radius 2 is 2.36 bits per heavy atom. The average molecular weight is 172 g/mol. The zero-order valence-electron chi connectivity index (χ0n) is 6.74. The van der Waals surface area contributed by atoms with E-state index in [0.717, 1.165) is 23.8 Å². The standard InChI is InChI=1S/C6H12N4S/c1-3-10(2)4-5-6(7)11-9-8-5/h3-4,7H2,1-2H3. The van der Waals surface area contributed by atoms with Gasteiger partial charge in [0.25, 0.3) is 0 Å². The second kappa shape index (κ2) is 3.64. The van der Waals surface area contributed by atoms with Crippen LogP contribution in [0.5, 0.6) is 0 Å². The van der Waals surface area contributed by atoms with Gasteiger partial charge >= 0.3 is 0 Å². The predicted octanol–water partition coefficient (Wildman–Crippen LogP) is 0.572. The maximum Gasteiger partial charge on any atom is 0.132 e. The lowest BCUT2D eigenvalue weighted by atomic mass is 10.4. The van der Waals surface area contributed by atoms with Crippen LogP contribution in [0.4, 0.5) is 5.00 Å². The highest BCUT2D eigenvalue weighted by molar-refractivity contribution is 7.09. The van der Waals surface area contributed by atoms with Crippen LogP contribution < -0.4 is 5.73 Å². The van der Waals surface area contributed by atoms with Crippen LogP contribution in [0.25, 0.3) is 0 Å². The molecule has 0 aliphatic carbocycles. The minimum absolute atomic E-state index is 0.727. The fourth-order valence-electron chi connectivity index (χ4n) is 0.693. The lowest BCUT2D eigenvalue weighted by Gasteiger charge is -2.10. The van der Waals surface area contributed by atoms with Gasteiger partial charge in [0.1, 0.15) is 10.7 Å². The van der Waals surface area contributed by atoms with Crippen LogP contribution in [-0.4, -0.2) is 28.1 Å². The fraction of sp³-hybridized carbons (Fsp3) is 0.667. The lowest BCUT2D eigenvalue weighted by molar-refractivity contribution is 0.342. The summed E-state index contributed by atoms with van der Waals surface area (Å²) < 4.78 is 3.75. The zero-order valence-corrected chi connectivity index (χ0v) is 7.56. The van der Waals surface area contributed by atoms with E-state index in [1.165, 1.54) is 11.5 Å². The van der Waals surface area contributed by atoms with Crippen LogP contribution in [0.1, 0.15) is 12.6 Å². The van der Waals surface area contributed by atoms with E-state index in [4.69, 9.17) is 5.73 Å². The second-order valence-electron chi connectivity index (χ2n) is 2.41. The van der Waals surface area contributed by atoms with Crippen molar-refractivity contribution in [3.05, 3.63) is 5.69 Å². The van der Waals surface area contributed by atoms with E-state index in [1.807, 2.05) is 7.05 Å². The molecule has 0 saturated heterocycles. The van der Waals surface area contributed by atoms with E-state index in [9.17, 15) is 0 Å². The summed E-state index contributed by atoms with van der Waals surface area (Å²) in [5.41, 5.74) is 6.50. The summed E-state index contributed by atoms with van der Waals surface area (Å²) in [4.78, 5) is 2.13. The summed E-state index contributed by atoms with van der Waals surface area (Å²) in [6, 6.07) is 0. The van der Waals surface area contributed by atoms with Crippen LogP contribution in [0.15, 0.2) is 0 Å². The molecule has 0 amide bonds. The van der Waals surface area contributed by atoms with Crippen LogP contribution >= 0.6 is 11.5 Å². The molecule has 0 aliphatic rings. The van der Waals surface area contributed by atoms with Gasteiger partial charge in [0.2, 0.25) is 0 Å². The number of hydrogen-bond donors (Lipinski definition) is 1. The molecule has 0 atom stereocenters. The molecule has 2 N–H and O–H groups in total. The van der Waals surface area contributed by atoms with E-state index >= 15 is 0 Å². The number of aromatic nitrogens is 2. The summed E-state index contributed by atoms with van der Waals surface area (Å²) in [5.74, 6) is 0. The van der Waals surface area contributed by atoms with Gasteiger partial charge in [-0.2, -0.15) is 0 Å². The van der Waals surface area contributed by atoms with Crippen molar-refractivity contribution in [2.45, 2.75) is 13.5 Å². The number of nitrogen functional groups attached to an aromatic ring is 1. The Hall–Kier alpha value is -0.680. The molecule has 1 heterocycles. The maximum absolute atomic E-state index is 5.61. The molecule has 0 fully saturated rings. The Morgan fingerprint density at radius 3 is 2.82 bits per heavy atom. The smallest absolute Gasteiger partial charge is 0.132 e. The third-order valence-corrected chi connectivity index (χ3v) is 2.14. The number of anilines is 1. The second-order valence-corrected chi connectivity index (χ2v) is 3.20. The molecule has 4 nitrogen and oxygen atoms in total. The molecule has 1 rings (SSSR count). The lowest BCUT2D eigenvalue weighted by Crippen LogP contribution is -2.17. The largest absolute Gasteiger partial charge is 0.388 e. The van der Waals surface area contributed by atoms with E-state index < -0.39 is 0 Å². The third-order valence-electron chi connectivity index (χ3n) is 1.54. The Morgan fingerprint density at radius 1 is 1.64 bits per heavy atom. The molecule has 1 aromatic rings. The molecule has 0 bridgehead atoms. The van der Waals surface area contributed by atoms with Crippen molar-refractivity contribution in [1.82, 2.24) is 14.5 Å². The van der Waals surface area contributed by atoms with Crippen LogP contribution in [0.3, 0.4) is 0 Å². The predicted molar refractivity (Wildman–Crippen MR) is 46.3 cm³/mol. The number of nitrogens with two attached hydrogens (primary N) is 1. The highest BCUT2D eigenvalue weighted by Crippen LogP contribution is 2.13. The van der Waals surface area contributed by atoms with Gasteiger partial charge in [0, 0.05) is 18.1 Å². The first kappa shape index (κ1) is 8.42. The van der Waals surface area contributed by atoms with Gasteiger partial charge in [-0.3, -0.25) is 0 Å². The summed E-state index contributed by atoms with van der Waals surface area (Å²) in [7, 11) is 2.03. The minimum Gasteiger partial charge on any atom is -0.388 e. The number of nitrogens with zero attached hydrogens (tertiary/aromatic N) is 3. The molecular formula is C6H12N4S.